The third-order valence-electron chi connectivity index (χ3n) is 3.68. The van der Waals surface area contributed by atoms with E-state index < -0.39 is 11.4 Å². The SMILES string of the molecule is O=C(O)C1(c2ccc3n[nH]c(Cl)c3c2)CCC1. The molecule has 1 aromatic heterocycles. The van der Waals surface area contributed by atoms with Crippen LogP contribution in [-0.2, 0) is 10.2 Å². The summed E-state index contributed by atoms with van der Waals surface area (Å²) >= 11 is 5.97. The number of rotatable bonds is 2. The minimum absolute atomic E-state index is 0.460. The average Bonchev–Trinajstić information content (AvgIpc) is 2.58. The van der Waals surface area contributed by atoms with E-state index in [0.717, 1.165) is 22.9 Å². The van der Waals surface area contributed by atoms with Gasteiger partial charge >= 0.3 is 5.97 Å². The van der Waals surface area contributed by atoms with Crippen molar-refractivity contribution in [2.75, 3.05) is 0 Å². The van der Waals surface area contributed by atoms with E-state index in [1.807, 2.05) is 18.2 Å². The van der Waals surface area contributed by atoms with Crippen LogP contribution in [0.4, 0.5) is 0 Å². The van der Waals surface area contributed by atoms with E-state index in [0.29, 0.717) is 18.0 Å². The highest BCUT2D eigenvalue weighted by atomic mass is 35.5. The van der Waals surface area contributed by atoms with Crippen LogP contribution in [0.3, 0.4) is 0 Å². The molecule has 0 amide bonds. The summed E-state index contributed by atoms with van der Waals surface area (Å²) in [7, 11) is 0. The van der Waals surface area contributed by atoms with Gasteiger partial charge in [0, 0.05) is 5.39 Å². The Hall–Kier alpha value is -1.55. The topological polar surface area (TPSA) is 66.0 Å². The number of H-pyrrole nitrogens is 1. The highest BCUT2D eigenvalue weighted by molar-refractivity contribution is 6.34. The number of benzene rings is 1. The van der Waals surface area contributed by atoms with Crippen LogP contribution >= 0.6 is 11.6 Å². The molecule has 0 spiro atoms. The maximum Gasteiger partial charge on any atom is 0.314 e. The number of aliphatic carboxylic acids is 1. The highest BCUT2D eigenvalue weighted by Gasteiger charge is 2.46. The molecule has 1 saturated carbocycles. The fourth-order valence-corrected chi connectivity index (χ4v) is 2.63. The van der Waals surface area contributed by atoms with E-state index in [-0.39, 0.29) is 0 Å². The molecule has 2 N–H and O–H groups in total. The van der Waals surface area contributed by atoms with Gasteiger partial charge in [0.15, 0.2) is 0 Å². The molecule has 0 radical (unpaired) electrons. The summed E-state index contributed by atoms with van der Waals surface area (Å²) in [6.07, 6.45) is 2.36. The van der Waals surface area contributed by atoms with Crippen molar-refractivity contribution in [2.45, 2.75) is 24.7 Å². The van der Waals surface area contributed by atoms with Crippen molar-refractivity contribution in [2.24, 2.45) is 0 Å². The van der Waals surface area contributed by atoms with Crippen LogP contribution in [0.5, 0.6) is 0 Å². The molecule has 0 bridgehead atoms. The number of carboxylic acids is 1. The summed E-state index contributed by atoms with van der Waals surface area (Å²) in [6, 6.07) is 5.50. The molecule has 1 fully saturated rings. The number of carbonyl (C=O) groups is 1. The van der Waals surface area contributed by atoms with Gasteiger partial charge in [-0.3, -0.25) is 9.89 Å². The summed E-state index contributed by atoms with van der Waals surface area (Å²) in [5.74, 6) is -0.747. The van der Waals surface area contributed by atoms with Gasteiger partial charge in [0.1, 0.15) is 5.15 Å². The van der Waals surface area contributed by atoms with Crippen LogP contribution in [-0.4, -0.2) is 21.3 Å². The third-order valence-corrected chi connectivity index (χ3v) is 3.96. The predicted octanol–water partition coefficient (Wildman–Crippen LogP) is 2.72. The first-order valence-electron chi connectivity index (χ1n) is 5.51. The van der Waals surface area contributed by atoms with Crippen LogP contribution < -0.4 is 0 Å². The molecular formula is C12H11ClN2O2. The number of nitrogens with one attached hydrogen (secondary N) is 1. The van der Waals surface area contributed by atoms with E-state index in [1.54, 1.807) is 0 Å². The van der Waals surface area contributed by atoms with Crippen LogP contribution in [0, 0.1) is 0 Å². The van der Waals surface area contributed by atoms with E-state index in [1.165, 1.54) is 0 Å². The Balaban J connectivity index is 2.17. The van der Waals surface area contributed by atoms with Crippen molar-refractivity contribution in [3.05, 3.63) is 28.9 Å². The van der Waals surface area contributed by atoms with E-state index in [2.05, 4.69) is 10.2 Å². The largest absolute Gasteiger partial charge is 0.481 e. The third kappa shape index (κ3) is 1.37. The van der Waals surface area contributed by atoms with Crippen molar-refractivity contribution >= 4 is 28.5 Å². The molecule has 5 heteroatoms. The smallest absolute Gasteiger partial charge is 0.314 e. The normalized spacial score (nSPS) is 17.9. The van der Waals surface area contributed by atoms with Gasteiger partial charge in [-0.15, -0.1) is 0 Å². The Morgan fingerprint density at radius 2 is 2.24 bits per heavy atom. The average molecular weight is 251 g/mol. The maximum atomic E-state index is 11.4. The first kappa shape index (κ1) is 10.6. The predicted molar refractivity (Wildman–Crippen MR) is 64.3 cm³/mol. The summed E-state index contributed by atoms with van der Waals surface area (Å²) in [5, 5.41) is 17.3. The number of carboxylic acid groups (broad SMARTS) is 1. The van der Waals surface area contributed by atoms with Gasteiger partial charge in [0.25, 0.3) is 0 Å². The zero-order valence-electron chi connectivity index (χ0n) is 9.03. The van der Waals surface area contributed by atoms with Crippen LogP contribution in [0.2, 0.25) is 5.15 Å². The Morgan fingerprint density at radius 3 is 2.82 bits per heavy atom. The molecule has 0 unspecified atom stereocenters. The van der Waals surface area contributed by atoms with Crippen LogP contribution in [0.15, 0.2) is 18.2 Å². The van der Waals surface area contributed by atoms with Gasteiger partial charge in [-0.25, -0.2) is 0 Å². The first-order chi connectivity index (χ1) is 8.13. The Morgan fingerprint density at radius 1 is 1.47 bits per heavy atom. The standard InChI is InChI=1S/C12H11ClN2O2/c13-10-8-6-7(2-3-9(8)14-15-10)12(11(16)17)4-1-5-12/h2-3,6H,1,4-5H2,(H,14,15)(H,16,17). The van der Waals surface area contributed by atoms with E-state index in [9.17, 15) is 9.90 Å². The van der Waals surface area contributed by atoms with Gasteiger partial charge in [-0.2, -0.15) is 5.10 Å². The molecular weight excluding hydrogens is 240 g/mol. The molecule has 3 rings (SSSR count). The Labute approximate surface area is 103 Å². The lowest BCUT2D eigenvalue weighted by Gasteiger charge is -2.38. The van der Waals surface area contributed by atoms with Crippen molar-refractivity contribution in [3.8, 4) is 0 Å². The second-order valence-electron chi connectivity index (χ2n) is 4.51. The number of aromatic nitrogens is 2. The lowest BCUT2D eigenvalue weighted by molar-refractivity contribution is -0.147. The zero-order chi connectivity index (χ0) is 12.0. The summed E-state index contributed by atoms with van der Waals surface area (Å²) in [4.78, 5) is 11.4. The van der Waals surface area contributed by atoms with Crippen molar-refractivity contribution in [1.82, 2.24) is 10.2 Å². The van der Waals surface area contributed by atoms with E-state index >= 15 is 0 Å². The number of aromatic amines is 1. The lowest BCUT2D eigenvalue weighted by atomic mass is 9.64. The molecule has 17 heavy (non-hydrogen) atoms. The molecule has 88 valence electrons. The summed E-state index contributed by atoms with van der Waals surface area (Å²) < 4.78 is 0. The van der Waals surface area contributed by atoms with Gasteiger partial charge in [-0.05, 0) is 30.5 Å². The number of halogens is 1. The fourth-order valence-electron chi connectivity index (χ4n) is 2.43. The van der Waals surface area contributed by atoms with Crippen molar-refractivity contribution < 1.29 is 9.90 Å². The number of fused-ring (bicyclic) bond motifs is 1. The van der Waals surface area contributed by atoms with Crippen LogP contribution in [0.25, 0.3) is 10.9 Å². The van der Waals surface area contributed by atoms with Gasteiger partial charge < -0.3 is 5.11 Å². The molecule has 1 heterocycles. The molecule has 1 aliphatic rings. The lowest BCUT2D eigenvalue weighted by Crippen LogP contribution is -2.42. The molecule has 0 saturated heterocycles. The molecule has 1 aliphatic carbocycles. The molecule has 1 aromatic carbocycles. The number of nitrogens with zero attached hydrogens (tertiary/aromatic N) is 1. The Bertz CT molecular complexity index is 602. The molecule has 4 nitrogen and oxygen atoms in total. The van der Waals surface area contributed by atoms with Crippen LogP contribution in [0.1, 0.15) is 24.8 Å². The zero-order valence-corrected chi connectivity index (χ0v) is 9.79. The quantitative estimate of drug-likeness (QED) is 0.861. The summed E-state index contributed by atoms with van der Waals surface area (Å²) in [6.45, 7) is 0. The first-order valence-corrected chi connectivity index (χ1v) is 5.89. The number of hydrogen-bond acceptors (Lipinski definition) is 2. The molecule has 2 aromatic rings. The fraction of sp³-hybridized carbons (Fsp3) is 0.333. The van der Waals surface area contributed by atoms with Gasteiger partial charge in [0.05, 0.1) is 10.9 Å². The number of hydrogen-bond donors (Lipinski definition) is 2. The second-order valence-corrected chi connectivity index (χ2v) is 4.89. The minimum Gasteiger partial charge on any atom is -0.481 e. The van der Waals surface area contributed by atoms with Gasteiger partial charge in [-0.1, -0.05) is 24.1 Å². The van der Waals surface area contributed by atoms with Gasteiger partial charge in [0.2, 0.25) is 0 Å². The minimum atomic E-state index is -0.747. The van der Waals surface area contributed by atoms with Crippen molar-refractivity contribution in [1.29, 1.82) is 0 Å². The molecule has 0 atom stereocenters. The summed E-state index contributed by atoms with van der Waals surface area (Å²) in [5.41, 5.74) is 0.875. The van der Waals surface area contributed by atoms with Crippen molar-refractivity contribution in [3.63, 3.8) is 0 Å². The maximum absolute atomic E-state index is 11.4. The molecule has 0 aliphatic heterocycles. The Kier molecular flexibility index (Phi) is 2.16. The monoisotopic (exact) mass is 250 g/mol. The van der Waals surface area contributed by atoms with E-state index in [4.69, 9.17) is 11.6 Å². The highest BCUT2D eigenvalue weighted by Crippen LogP contribution is 2.44. The second kappa shape index (κ2) is 3.47.